The van der Waals surface area contributed by atoms with Crippen LogP contribution in [-0.4, -0.2) is 15.6 Å². The molecule has 3 aromatic heterocycles. The van der Waals surface area contributed by atoms with Crippen molar-refractivity contribution >= 4 is 38.8 Å². The molecule has 130 valence electrons. The fourth-order valence-corrected chi connectivity index (χ4v) is 4.33. The van der Waals surface area contributed by atoms with Crippen LogP contribution in [0.5, 0.6) is 0 Å². The number of nitrogens with zero attached hydrogens (tertiary/aromatic N) is 2. The summed E-state index contributed by atoms with van der Waals surface area (Å²) in [6.45, 7) is 0. The van der Waals surface area contributed by atoms with Crippen molar-refractivity contribution in [2.45, 2.75) is 6.42 Å². The zero-order valence-electron chi connectivity index (χ0n) is 13.3. The van der Waals surface area contributed by atoms with Crippen molar-refractivity contribution in [3.8, 4) is 10.4 Å². The van der Waals surface area contributed by atoms with E-state index in [1.807, 2.05) is 22.9 Å². The first-order chi connectivity index (χ1) is 12.6. The predicted octanol–water partition coefficient (Wildman–Crippen LogP) is 3.64. The van der Waals surface area contributed by atoms with Gasteiger partial charge in [-0.2, -0.15) is 0 Å². The molecule has 5 nitrogen and oxygen atoms in total. The van der Waals surface area contributed by atoms with Crippen LogP contribution in [0, 0.1) is 5.82 Å². The van der Waals surface area contributed by atoms with Gasteiger partial charge in [0.25, 0.3) is 5.56 Å². The van der Waals surface area contributed by atoms with Gasteiger partial charge in [-0.05, 0) is 23.1 Å². The lowest BCUT2D eigenvalue weighted by molar-refractivity contribution is -0.116. The molecule has 0 bridgehead atoms. The fourth-order valence-electron chi connectivity index (χ4n) is 2.61. The molecule has 3 heterocycles. The first-order valence-electron chi connectivity index (χ1n) is 7.69. The van der Waals surface area contributed by atoms with Gasteiger partial charge in [-0.1, -0.05) is 24.3 Å². The van der Waals surface area contributed by atoms with Crippen molar-refractivity contribution in [1.29, 1.82) is 0 Å². The van der Waals surface area contributed by atoms with E-state index in [1.54, 1.807) is 12.1 Å². The summed E-state index contributed by atoms with van der Waals surface area (Å²) in [5.41, 5.74) is 3.19. The number of carbonyl (C=O) groups is 1. The number of amides is 1. The maximum Gasteiger partial charge on any atom is 0.281 e. The quantitative estimate of drug-likeness (QED) is 0.583. The molecule has 4 rings (SSSR count). The molecule has 0 saturated carbocycles. The minimum atomic E-state index is -0.494. The number of thiophene rings is 2. The molecular formula is C18H12FN3O2S2. The average molecular weight is 385 g/mol. The predicted molar refractivity (Wildman–Crippen MR) is 102 cm³/mol. The molecule has 0 radical (unpaired) electrons. The van der Waals surface area contributed by atoms with E-state index in [2.05, 4.69) is 10.4 Å². The topological polar surface area (TPSA) is 64.0 Å². The van der Waals surface area contributed by atoms with Gasteiger partial charge in [0, 0.05) is 15.8 Å². The van der Waals surface area contributed by atoms with Gasteiger partial charge < -0.3 is 0 Å². The second kappa shape index (κ2) is 6.81. The summed E-state index contributed by atoms with van der Waals surface area (Å²) < 4.78 is 14.7. The molecular weight excluding hydrogens is 373 g/mol. The number of nitrogens with one attached hydrogen (secondary N) is 1. The Bertz CT molecular complexity index is 1150. The van der Waals surface area contributed by atoms with E-state index in [4.69, 9.17) is 0 Å². The summed E-state index contributed by atoms with van der Waals surface area (Å²) in [5.74, 6) is -0.951. The van der Waals surface area contributed by atoms with Crippen LogP contribution < -0.4 is 11.0 Å². The highest BCUT2D eigenvalue weighted by Crippen LogP contribution is 2.33. The molecule has 0 aliphatic heterocycles. The number of halogens is 1. The van der Waals surface area contributed by atoms with Crippen molar-refractivity contribution < 1.29 is 9.18 Å². The second-order valence-corrected chi connectivity index (χ2v) is 7.34. The van der Waals surface area contributed by atoms with E-state index in [-0.39, 0.29) is 17.5 Å². The van der Waals surface area contributed by atoms with Gasteiger partial charge in [0.05, 0.1) is 11.8 Å². The third kappa shape index (κ3) is 3.04. The van der Waals surface area contributed by atoms with Crippen LogP contribution in [-0.2, 0) is 11.2 Å². The lowest BCUT2D eigenvalue weighted by Gasteiger charge is -2.08. The third-order valence-corrected chi connectivity index (χ3v) is 5.62. The minimum Gasteiger partial charge on any atom is -0.273 e. The molecule has 0 atom stereocenters. The zero-order valence-corrected chi connectivity index (χ0v) is 14.9. The Morgan fingerprint density at radius 1 is 1.19 bits per heavy atom. The summed E-state index contributed by atoms with van der Waals surface area (Å²) in [7, 11) is 0. The number of aromatic nitrogens is 2. The normalized spacial score (nSPS) is 11.0. The molecule has 4 aromatic rings. The van der Waals surface area contributed by atoms with Crippen LogP contribution >= 0.6 is 22.7 Å². The minimum absolute atomic E-state index is 0.168. The molecule has 0 spiro atoms. The monoisotopic (exact) mass is 385 g/mol. The van der Waals surface area contributed by atoms with Crippen LogP contribution in [0.4, 0.5) is 4.39 Å². The number of carbonyl (C=O) groups excluding carboxylic acids is 1. The molecule has 0 fully saturated rings. The molecule has 1 amide bonds. The van der Waals surface area contributed by atoms with Gasteiger partial charge >= 0.3 is 0 Å². The van der Waals surface area contributed by atoms with Crippen LogP contribution in [0.1, 0.15) is 5.56 Å². The Kier molecular flexibility index (Phi) is 4.36. The second-order valence-electron chi connectivity index (χ2n) is 5.53. The standard InChI is InChI=1S/C18H12FN3O2S2/c19-13-5-2-1-4-11(13)8-15(23)21-22-10-20-17-16(18(22)24)12(9-26-17)14-6-3-7-25-14/h1-7,9-10H,8H2,(H,21,23). The molecule has 26 heavy (non-hydrogen) atoms. The van der Waals surface area contributed by atoms with Crippen LogP contribution in [0.15, 0.2) is 58.3 Å². The van der Waals surface area contributed by atoms with Gasteiger partial charge in [0.15, 0.2) is 0 Å². The molecule has 1 aromatic carbocycles. The summed E-state index contributed by atoms with van der Waals surface area (Å²) in [4.78, 5) is 30.8. The first kappa shape index (κ1) is 16.6. The van der Waals surface area contributed by atoms with Gasteiger partial charge in [0.1, 0.15) is 17.0 Å². The Balaban J connectivity index is 1.66. The van der Waals surface area contributed by atoms with Gasteiger partial charge in [0.2, 0.25) is 5.91 Å². The number of fused-ring (bicyclic) bond motifs is 1. The van der Waals surface area contributed by atoms with Crippen molar-refractivity contribution in [2.75, 3.05) is 5.43 Å². The van der Waals surface area contributed by atoms with Gasteiger partial charge in [-0.15, -0.1) is 22.7 Å². The Morgan fingerprint density at radius 3 is 2.81 bits per heavy atom. The van der Waals surface area contributed by atoms with Gasteiger partial charge in [-0.25, -0.2) is 14.1 Å². The van der Waals surface area contributed by atoms with Crippen molar-refractivity contribution in [3.05, 3.63) is 75.2 Å². The maximum atomic E-state index is 13.7. The largest absolute Gasteiger partial charge is 0.281 e. The lowest BCUT2D eigenvalue weighted by atomic mass is 10.1. The summed E-state index contributed by atoms with van der Waals surface area (Å²) in [6, 6.07) is 9.88. The van der Waals surface area contributed by atoms with Crippen molar-refractivity contribution in [3.63, 3.8) is 0 Å². The van der Waals surface area contributed by atoms with E-state index < -0.39 is 11.7 Å². The van der Waals surface area contributed by atoms with E-state index in [0.29, 0.717) is 10.2 Å². The average Bonchev–Trinajstić information content (AvgIpc) is 3.29. The third-order valence-electron chi connectivity index (χ3n) is 3.84. The van der Waals surface area contributed by atoms with Crippen LogP contribution in [0.25, 0.3) is 20.7 Å². The lowest BCUT2D eigenvalue weighted by Crippen LogP contribution is -2.34. The highest BCUT2D eigenvalue weighted by Gasteiger charge is 2.15. The molecule has 8 heteroatoms. The number of rotatable bonds is 4. The fraction of sp³-hybridized carbons (Fsp3) is 0.0556. The highest BCUT2D eigenvalue weighted by molar-refractivity contribution is 7.18. The summed E-state index contributed by atoms with van der Waals surface area (Å²) in [6.07, 6.45) is 1.11. The molecule has 0 unspecified atom stereocenters. The van der Waals surface area contributed by atoms with E-state index >= 15 is 0 Å². The summed E-state index contributed by atoms with van der Waals surface area (Å²) >= 11 is 2.91. The highest BCUT2D eigenvalue weighted by atomic mass is 32.1. The smallest absolute Gasteiger partial charge is 0.273 e. The number of hydrogen-bond acceptors (Lipinski definition) is 5. The van der Waals surface area contributed by atoms with Crippen molar-refractivity contribution in [1.82, 2.24) is 9.66 Å². The molecule has 1 N–H and O–H groups in total. The Morgan fingerprint density at radius 2 is 2.04 bits per heavy atom. The molecule has 0 aliphatic rings. The summed E-state index contributed by atoms with van der Waals surface area (Å²) in [5, 5.41) is 4.28. The van der Waals surface area contributed by atoms with E-state index in [0.717, 1.165) is 15.1 Å². The zero-order chi connectivity index (χ0) is 18.1. The first-order valence-corrected chi connectivity index (χ1v) is 9.45. The van der Waals surface area contributed by atoms with E-state index in [1.165, 1.54) is 41.1 Å². The molecule has 0 saturated heterocycles. The number of hydrogen-bond donors (Lipinski definition) is 1. The van der Waals surface area contributed by atoms with E-state index in [9.17, 15) is 14.0 Å². The van der Waals surface area contributed by atoms with Gasteiger partial charge in [-0.3, -0.25) is 15.0 Å². The maximum absolute atomic E-state index is 13.7. The molecule has 0 aliphatic carbocycles. The Labute approximate surface area is 155 Å². The van der Waals surface area contributed by atoms with Crippen LogP contribution in [0.2, 0.25) is 0 Å². The Hall–Kier alpha value is -2.84. The van der Waals surface area contributed by atoms with Crippen molar-refractivity contribution in [2.24, 2.45) is 0 Å². The SMILES string of the molecule is O=C(Cc1ccccc1F)Nn1cnc2scc(-c3cccs3)c2c1=O. The number of benzene rings is 1. The van der Waals surface area contributed by atoms with Crippen LogP contribution in [0.3, 0.4) is 0 Å².